The molecular formula is C29H32N4O. The highest BCUT2D eigenvalue weighted by Crippen LogP contribution is 2.31. The van der Waals surface area contributed by atoms with Gasteiger partial charge in [-0.2, -0.15) is 0 Å². The number of benzene rings is 2. The Hall–Kier alpha value is -3.44. The van der Waals surface area contributed by atoms with E-state index in [9.17, 15) is 0 Å². The number of nitrogens with zero attached hydrogens (tertiary/aromatic N) is 4. The summed E-state index contributed by atoms with van der Waals surface area (Å²) in [7, 11) is 0. The van der Waals surface area contributed by atoms with Gasteiger partial charge in [0.1, 0.15) is 11.6 Å². The first-order valence-corrected chi connectivity index (χ1v) is 12.3. The van der Waals surface area contributed by atoms with Crippen molar-refractivity contribution in [3.8, 4) is 17.0 Å². The van der Waals surface area contributed by atoms with Crippen LogP contribution in [0.25, 0.3) is 22.0 Å². The van der Waals surface area contributed by atoms with E-state index < -0.39 is 0 Å². The van der Waals surface area contributed by atoms with Crippen LogP contribution in [0.4, 0.5) is 5.82 Å². The molecule has 5 rings (SSSR count). The number of aryl methyl sites for hydroxylation is 1. The van der Waals surface area contributed by atoms with E-state index in [1.165, 1.54) is 16.3 Å². The summed E-state index contributed by atoms with van der Waals surface area (Å²) in [5.74, 6) is 1.99. The number of aromatic nitrogens is 2. The van der Waals surface area contributed by atoms with E-state index in [0.717, 1.165) is 68.4 Å². The predicted octanol–water partition coefficient (Wildman–Crippen LogP) is 5.45. The number of ether oxygens (including phenoxy) is 1. The number of rotatable bonds is 8. The summed E-state index contributed by atoms with van der Waals surface area (Å²) in [5, 5.41) is 2.46. The highest BCUT2D eigenvalue weighted by molar-refractivity contribution is 5.95. The van der Waals surface area contributed by atoms with Crippen molar-refractivity contribution in [2.24, 2.45) is 0 Å². The molecule has 0 saturated carbocycles. The van der Waals surface area contributed by atoms with Gasteiger partial charge in [0.15, 0.2) is 0 Å². The van der Waals surface area contributed by atoms with Gasteiger partial charge in [-0.3, -0.25) is 4.98 Å². The van der Waals surface area contributed by atoms with Crippen molar-refractivity contribution in [1.29, 1.82) is 0 Å². The summed E-state index contributed by atoms with van der Waals surface area (Å²) in [5.41, 5.74) is 3.37. The third kappa shape index (κ3) is 5.20. The predicted molar refractivity (Wildman–Crippen MR) is 140 cm³/mol. The number of pyridine rings is 2. The molecule has 0 bridgehead atoms. The van der Waals surface area contributed by atoms with Crippen molar-refractivity contribution in [3.63, 3.8) is 0 Å². The molecule has 0 amide bonds. The lowest BCUT2D eigenvalue weighted by molar-refractivity contribution is 0.271. The van der Waals surface area contributed by atoms with E-state index in [4.69, 9.17) is 9.72 Å². The first kappa shape index (κ1) is 22.4. The van der Waals surface area contributed by atoms with Crippen LogP contribution >= 0.6 is 0 Å². The van der Waals surface area contributed by atoms with Crippen LogP contribution in [-0.2, 0) is 6.42 Å². The molecule has 0 radical (unpaired) electrons. The summed E-state index contributed by atoms with van der Waals surface area (Å²) in [6, 6.07) is 23.2. The first-order chi connectivity index (χ1) is 16.8. The molecule has 0 atom stereocenters. The standard InChI is InChI=1S/C29H32N4O/c1-2-32-16-18-33(19-17-32)29-27-10-4-3-9-25(27)21-28(31-29)24-11-13-26(14-12-24)34-20-6-8-23-7-5-15-30-22-23/h3-5,7,9-15,21-22H,2,6,8,16-20H2,1H3. The summed E-state index contributed by atoms with van der Waals surface area (Å²) < 4.78 is 5.97. The second kappa shape index (κ2) is 10.7. The lowest BCUT2D eigenvalue weighted by Gasteiger charge is -2.35. The lowest BCUT2D eigenvalue weighted by Crippen LogP contribution is -2.46. The zero-order valence-corrected chi connectivity index (χ0v) is 19.9. The van der Waals surface area contributed by atoms with Crippen LogP contribution in [0.15, 0.2) is 79.1 Å². The summed E-state index contributed by atoms with van der Waals surface area (Å²) in [6.45, 7) is 8.24. The zero-order chi connectivity index (χ0) is 23.2. The number of fused-ring (bicyclic) bond motifs is 1. The van der Waals surface area contributed by atoms with Crippen LogP contribution < -0.4 is 9.64 Å². The molecule has 0 unspecified atom stereocenters. The summed E-state index contributed by atoms with van der Waals surface area (Å²) in [4.78, 5) is 14.3. The minimum atomic E-state index is 0.691. The van der Waals surface area contributed by atoms with Gasteiger partial charge >= 0.3 is 0 Å². The van der Waals surface area contributed by atoms with Crippen molar-refractivity contribution < 1.29 is 4.74 Å². The monoisotopic (exact) mass is 452 g/mol. The van der Waals surface area contributed by atoms with E-state index in [2.05, 4.69) is 82.4 Å². The molecule has 2 aromatic heterocycles. The van der Waals surface area contributed by atoms with Crippen molar-refractivity contribution in [2.75, 3.05) is 44.2 Å². The molecular weight excluding hydrogens is 420 g/mol. The number of hydrogen-bond donors (Lipinski definition) is 0. The number of likely N-dealkylation sites (N-methyl/N-ethyl adjacent to an activating group) is 1. The molecule has 34 heavy (non-hydrogen) atoms. The quantitative estimate of drug-likeness (QED) is 0.333. The maximum atomic E-state index is 5.97. The van der Waals surface area contributed by atoms with Crippen LogP contribution in [0, 0.1) is 0 Å². The average Bonchev–Trinajstić information content (AvgIpc) is 2.91. The van der Waals surface area contributed by atoms with Crippen molar-refractivity contribution >= 4 is 16.6 Å². The normalized spacial score (nSPS) is 14.4. The maximum Gasteiger partial charge on any atom is 0.137 e. The third-order valence-corrected chi connectivity index (χ3v) is 6.59. The molecule has 5 nitrogen and oxygen atoms in total. The van der Waals surface area contributed by atoms with E-state index >= 15 is 0 Å². The summed E-state index contributed by atoms with van der Waals surface area (Å²) in [6.07, 6.45) is 5.67. The number of anilines is 1. The fraction of sp³-hybridized carbons (Fsp3) is 0.310. The Morgan fingerprint density at radius 1 is 0.912 bits per heavy atom. The number of hydrogen-bond acceptors (Lipinski definition) is 5. The Bertz CT molecular complexity index is 1200. The summed E-state index contributed by atoms with van der Waals surface area (Å²) >= 11 is 0. The van der Waals surface area contributed by atoms with Gasteiger partial charge in [0.25, 0.3) is 0 Å². The Labute approximate surface area is 202 Å². The smallest absolute Gasteiger partial charge is 0.137 e. The van der Waals surface area contributed by atoms with Gasteiger partial charge in [-0.05, 0) is 66.7 Å². The Morgan fingerprint density at radius 2 is 1.74 bits per heavy atom. The minimum absolute atomic E-state index is 0.691. The topological polar surface area (TPSA) is 41.5 Å². The fourth-order valence-corrected chi connectivity index (χ4v) is 4.58. The lowest BCUT2D eigenvalue weighted by atomic mass is 10.1. The van der Waals surface area contributed by atoms with Gasteiger partial charge in [-0.1, -0.05) is 37.3 Å². The Balaban J connectivity index is 1.30. The molecule has 3 heterocycles. The molecule has 0 aliphatic carbocycles. The van der Waals surface area contributed by atoms with Gasteiger partial charge in [0.05, 0.1) is 12.3 Å². The van der Waals surface area contributed by atoms with Crippen molar-refractivity contribution in [2.45, 2.75) is 19.8 Å². The molecule has 1 aliphatic heterocycles. The van der Waals surface area contributed by atoms with Crippen LogP contribution in [0.1, 0.15) is 18.9 Å². The second-order valence-corrected chi connectivity index (χ2v) is 8.81. The Kier molecular flexibility index (Phi) is 7.01. The molecule has 2 aromatic carbocycles. The van der Waals surface area contributed by atoms with Crippen LogP contribution in [-0.4, -0.2) is 54.2 Å². The minimum Gasteiger partial charge on any atom is -0.494 e. The number of piperazine rings is 1. The fourth-order valence-electron chi connectivity index (χ4n) is 4.58. The first-order valence-electron chi connectivity index (χ1n) is 12.3. The molecule has 1 aliphatic rings. The van der Waals surface area contributed by atoms with Crippen LogP contribution in [0.5, 0.6) is 5.75 Å². The largest absolute Gasteiger partial charge is 0.494 e. The SMILES string of the molecule is CCN1CCN(c2nc(-c3ccc(OCCCc4cccnc4)cc3)cc3ccccc23)CC1. The van der Waals surface area contributed by atoms with Crippen LogP contribution in [0.3, 0.4) is 0 Å². The average molecular weight is 453 g/mol. The van der Waals surface area contributed by atoms with Gasteiger partial charge in [-0.15, -0.1) is 0 Å². The van der Waals surface area contributed by atoms with E-state index in [-0.39, 0.29) is 0 Å². The second-order valence-electron chi connectivity index (χ2n) is 8.81. The molecule has 0 N–H and O–H groups in total. The van der Waals surface area contributed by atoms with Crippen molar-refractivity contribution in [1.82, 2.24) is 14.9 Å². The van der Waals surface area contributed by atoms with E-state index in [0.29, 0.717) is 6.61 Å². The third-order valence-electron chi connectivity index (χ3n) is 6.59. The molecule has 174 valence electrons. The van der Waals surface area contributed by atoms with E-state index in [1.54, 1.807) is 6.20 Å². The zero-order valence-electron chi connectivity index (χ0n) is 19.9. The molecule has 5 heteroatoms. The molecule has 0 spiro atoms. The Morgan fingerprint density at radius 3 is 2.50 bits per heavy atom. The van der Waals surface area contributed by atoms with Gasteiger partial charge < -0.3 is 14.5 Å². The van der Waals surface area contributed by atoms with E-state index in [1.807, 2.05) is 12.3 Å². The molecule has 1 fully saturated rings. The van der Waals surface area contributed by atoms with Gasteiger partial charge in [0, 0.05) is 49.5 Å². The molecule has 4 aromatic rings. The van der Waals surface area contributed by atoms with Gasteiger partial charge in [-0.25, -0.2) is 4.98 Å². The van der Waals surface area contributed by atoms with Crippen molar-refractivity contribution in [3.05, 3.63) is 84.7 Å². The maximum absolute atomic E-state index is 5.97. The highest BCUT2D eigenvalue weighted by atomic mass is 16.5. The van der Waals surface area contributed by atoms with Gasteiger partial charge in [0.2, 0.25) is 0 Å². The molecule has 1 saturated heterocycles. The van der Waals surface area contributed by atoms with Crippen LogP contribution in [0.2, 0.25) is 0 Å². The highest BCUT2D eigenvalue weighted by Gasteiger charge is 2.19.